The van der Waals surface area contributed by atoms with E-state index in [2.05, 4.69) is 5.32 Å². The molecule has 1 aliphatic carbocycles. The van der Waals surface area contributed by atoms with Gasteiger partial charge in [-0.05, 0) is 52.0 Å². The fraction of sp³-hybridized carbons (Fsp3) is 0.609. The molecule has 2 amide bonds. The Morgan fingerprint density at radius 2 is 1.79 bits per heavy atom. The molecule has 3 rings (SSSR count). The molecule has 1 N–H and O–H groups in total. The highest BCUT2D eigenvalue weighted by molar-refractivity contribution is 5.84. The Labute approximate surface area is 173 Å². The van der Waals surface area contributed by atoms with Gasteiger partial charge in [0.05, 0.1) is 24.5 Å². The fourth-order valence-electron chi connectivity index (χ4n) is 3.80. The SMILES string of the molecule is Cc1ccc(C(CC(=O)OC(C)C)NC(=O)C2CCCN(C(=O)C3CC3)C2)cc1. The van der Waals surface area contributed by atoms with E-state index in [1.807, 2.05) is 49.9 Å². The molecule has 1 saturated carbocycles. The summed E-state index contributed by atoms with van der Waals surface area (Å²) in [4.78, 5) is 39.5. The molecule has 29 heavy (non-hydrogen) atoms. The highest BCUT2D eigenvalue weighted by Crippen LogP contribution is 2.32. The van der Waals surface area contributed by atoms with Gasteiger partial charge in [-0.3, -0.25) is 14.4 Å². The zero-order valence-electron chi connectivity index (χ0n) is 17.6. The van der Waals surface area contributed by atoms with E-state index in [0.29, 0.717) is 6.54 Å². The van der Waals surface area contributed by atoms with Gasteiger partial charge in [-0.25, -0.2) is 0 Å². The van der Waals surface area contributed by atoms with Crippen LogP contribution in [0.4, 0.5) is 0 Å². The molecule has 0 aromatic heterocycles. The summed E-state index contributed by atoms with van der Waals surface area (Å²) < 4.78 is 5.29. The van der Waals surface area contributed by atoms with E-state index in [4.69, 9.17) is 4.74 Å². The molecular weight excluding hydrogens is 368 g/mol. The number of aryl methyl sites for hydroxylation is 1. The predicted molar refractivity (Wildman–Crippen MR) is 110 cm³/mol. The van der Waals surface area contributed by atoms with E-state index >= 15 is 0 Å². The molecule has 2 atom stereocenters. The van der Waals surface area contributed by atoms with Gasteiger partial charge in [0, 0.05) is 19.0 Å². The van der Waals surface area contributed by atoms with Gasteiger partial charge in [-0.1, -0.05) is 29.8 Å². The van der Waals surface area contributed by atoms with Gasteiger partial charge in [-0.2, -0.15) is 0 Å². The Morgan fingerprint density at radius 1 is 1.10 bits per heavy atom. The second-order valence-corrected chi connectivity index (χ2v) is 8.61. The number of carbonyl (C=O) groups excluding carboxylic acids is 3. The van der Waals surface area contributed by atoms with Crippen LogP contribution in [0.2, 0.25) is 0 Å². The van der Waals surface area contributed by atoms with Crippen molar-refractivity contribution in [1.82, 2.24) is 10.2 Å². The quantitative estimate of drug-likeness (QED) is 0.714. The molecule has 158 valence electrons. The first-order valence-corrected chi connectivity index (χ1v) is 10.7. The zero-order valence-corrected chi connectivity index (χ0v) is 17.6. The van der Waals surface area contributed by atoms with Crippen molar-refractivity contribution in [3.05, 3.63) is 35.4 Å². The van der Waals surface area contributed by atoms with Crippen molar-refractivity contribution in [3.8, 4) is 0 Å². The molecule has 2 unspecified atom stereocenters. The van der Waals surface area contributed by atoms with Crippen molar-refractivity contribution in [2.24, 2.45) is 11.8 Å². The standard InChI is InChI=1S/C23H32N2O4/c1-15(2)29-21(26)13-20(17-8-6-16(3)7-9-17)24-22(27)19-5-4-12-25(14-19)23(28)18-10-11-18/h6-9,15,18-20H,4-5,10-14H2,1-3H3,(H,24,27). The van der Waals surface area contributed by atoms with Gasteiger partial charge in [0.1, 0.15) is 0 Å². The van der Waals surface area contributed by atoms with E-state index in [0.717, 1.165) is 43.4 Å². The Bertz CT molecular complexity index is 740. The molecule has 6 nitrogen and oxygen atoms in total. The number of ether oxygens (including phenoxy) is 1. The van der Waals surface area contributed by atoms with Gasteiger partial charge in [0.15, 0.2) is 0 Å². The monoisotopic (exact) mass is 400 g/mol. The first-order valence-electron chi connectivity index (χ1n) is 10.7. The van der Waals surface area contributed by atoms with Gasteiger partial charge in [0.2, 0.25) is 11.8 Å². The van der Waals surface area contributed by atoms with Gasteiger partial charge >= 0.3 is 5.97 Å². The minimum Gasteiger partial charge on any atom is -0.463 e. The van der Waals surface area contributed by atoms with E-state index in [9.17, 15) is 14.4 Å². The third kappa shape index (κ3) is 6.05. The van der Waals surface area contributed by atoms with Gasteiger partial charge in [0.25, 0.3) is 0 Å². The normalized spacial score (nSPS) is 20.3. The van der Waals surface area contributed by atoms with Crippen molar-refractivity contribution in [2.45, 2.75) is 65.0 Å². The number of nitrogens with one attached hydrogen (secondary N) is 1. The minimum atomic E-state index is -0.441. The fourth-order valence-corrected chi connectivity index (χ4v) is 3.80. The number of hydrogen-bond acceptors (Lipinski definition) is 4. The largest absolute Gasteiger partial charge is 0.463 e. The number of rotatable bonds is 7. The lowest BCUT2D eigenvalue weighted by Gasteiger charge is -2.33. The Hall–Kier alpha value is -2.37. The zero-order chi connectivity index (χ0) is 21.0. The first-order chi connectivity index (χ1) is 13.8. The summed E-state index contributed by atoms with van der Waals surface area (Å²) in [6, 6.07) is 7.38. The average Bonchev–Trinajstić information content (AvgIpc) is 3.52. The molecule has 1 aromatic rings. The van der Waals surface area contributed by atoms with Crippen LogP contribution in [0.5, 0.6) is 0 Å². The summed E-state index contributed by atoms with van der Waals surface area (Å²) in [7, 11) is 0. The number of hydrogen-bond donors (Lipinski definition) is 1. The summed E-state index contributed by atoms with van der Waals surface area (Å²) in [5.41, 5.74) is 2.00. The molecule has 2 aliphatic rings. The van der Waals surface area contributed by atoms with Crippen LogP contribution in [0.25, 0.3) is 0 Å². The number of benzene rings is 1. The molecule has 6 heteroatoms. The van der Waals surface area contributed by atoms with Gasteiger partial charge < -0.3 is 15.0 Å². The summed E-state index contributed by atoms with van der Waals surface area (Å²) >= 11 is 0. The Morgan fingerprint density at radius 3 is 2.41 bits per heavy atom. The third-order valence-electron chi connectivity index (χ3n) is 5.56. The maximum Gasteiger partial charge on any atom is 0.308 e. The van der Waals surface area contributed by atoms with E-state index < -0.39 is 6.04 Å². The van der Waals surface area contributed by atoms with Gasteiger partial charge in [-0.15, -0.1) is 0 Å². The maximum absolute atomic E-state index is 13.0. The highest BCUT2D eigenvalue weighted by atomic mass is 16.5. The molecule has 1 saturated heterocycles. The lowest BCUT2D eigenvalue weighted by Crippen LogP contribution is -2.46. The number of nitrogens with zero attached hydrogens (tertiary/aromatic N) is 1. The number of carbonyl (C=O) groups is 3. The van der Waals surface area contributed by atoms with Crippen LogP contribution in [-0.2, 0) is 19.1 Å². The molecular formula is C23H32N2O4. The summed E-state index contributed by atoms with van der Waals surface area (Å²) in [6.07, 6.45) is 3.43. The van der Waals surface area contributed by atoms with Crippen molar-refractivity contribution < 1.29 is 19.1 Å². The lowest BCUT2D eigenvalue weighted by atomic mass is 9.95. The van der Waals surface area contributed by atoms with Crippen LogP contribution in [-0.4, -0.2) is 41.9 Å². The maximum atomic E-state index is 13.0. The summed E-state index contributed by atoms with van der Waals surface area (Å²) in [5.74, 6) is -0.303. The van der Waals surface area contributed by atoms with Crippen molar-refractivity contribution in [1.29, 1.82) is 0 Å². The molecule has 0 spiro atoms. The van der Waals surface area contributed by atoms with Crippen LogP contribution in [0.3, 0.4) is 0 Å². The molecule has 0 bridgehead atoms. The van der Waals surface area contributed by atoms with Crippen LogP contribution in [0, 0.1) is 18.8 Å². The van der Waals surface area contributed by atoms with E-state index in [-0.39, 0.29) is 42.1 Å². The Balaban J connectivity index is 1.66. The smallest absolute Gasteiger partial charge is 0.308 e. The number of likely N-dealkylation sites (tertiary alicyclic amines) is 1. The molecule has 1 heterocycles. The summed E-state index contributed by atoms with van der Waals surface area (Å²) in [6.45, 7) is 6.83. The van der Waals surface area contributed by atoms with Crippen LogP contribution >= 0.6 is 0 Å². The Kier molecular flexibility index (Phi) is 6.93. The van der Waals surface area contributed by atoms with Crippen LogP contribution in [0.1, 0.15) is 63.1 Å². The first kappa shape index (κ1) is 21.3. The lowest BCUT2D eigenvalue weighted by molar-refractivity contribution is -0.148. The second kappa shape index (κ2) is 9.42. The van der Waals surface area contributed by atoms with E-state index in [1.165, 1.54) is 0 Å². The third-order valence-corrected chi connectivity index (χ3v) is 5.56. The number of piperidine rings is 1. The topological polar surface area (TPSA) is 75.7 Å². The van der Waals surface area contributed by atoms with Crippen LogP contribution < -0.4 is 5.32 Å². The molecule has 2 fully saturated rings. The molecule has 0 radical (unpaired) electrons. The molecule has 1 aliphatic heterocycles. The predicted octanol–water partition coefficient (Wildman–Crippen LogP) is 3.14. The number of amides is 2. The minimum absolute atomic E-state index is 0.0877. The van der Waals surface area contributed by atoms with Crippen molar-refractivity contribution >= 4 is 17.8 Å². The summed E-state index contributed by atoms with van der Waals surface area (Å²) in [5, 5.41) is 3.05. The van der Waals surface area contributed by atoms with E-state index in [1.54, 1.807) is 0 Å². The average molecular weight is 401 g/mol. The highest BCUT2D eigenvalue weighted by Gasteiger charge is 2.37. The number of esters is 1. The van der Waals surface area contributed by atoms with Crippen molar-refractivity contribution in [2.75, 3.05) is 13.1 Å². The second-order valence-electron chi connectivity index (χ2n) is 8.61. The van der Waals surface area contributed by atoms with Crippen molar-refractivity contribution in [3.63, 3.8) is 0 Å². The molecule has 1 aromatic carbocycles. The van der Waals surface area contributed by atoms with Crippen LogP contribution in [0.15, 0.2) is 24.3 Å².